The Bertz CT molecular complexity index is 724. The molecule has 1 aromatic rings. The summed E-state index contributed by atoms with van der Waals surface area (Å²) in [6.07, 6.45) is 5.39. The van der Waals surface area contributed by atoms with Crippen LogP contribution in [0.1, 0.15) is 18.5 Å². The van der Waals surface area contributed by atoms with Crippen LogP contribution < -0.4 is 10.6 Å². The average molecular weight is 433 g/mol. The Kier molecular flexibility index (Phi) is 9.41. The molecule has 170 valence electrons. The molecule has 31 heavy (non-hydrogen) atoms. The lowest BCUT2D eigenvalue weighted by Gasteiger charge is -2.31. The molecule has 0 bridgehead atoms. The van der Waals surface area contributed by atoms with Crippen molar-refractivity contribution in [3.63, 3.8) is 0 Å². The highest BCUT2D eigenvalue weighted by Gasteiger charge is 2.29. The van der Waals surface area contributed by atoms with E-state index in [1.54, 1.807) is 30.5 Å². The predicted octanol–water partition coefficient (Wildman–Crippen LogP) is -0.347. The van der Waals surface area contributed by atoms with Crippen molar-refractivity contribution in [3.05, 3.63) is 42.2 Å². The first-order chi connectivity index (χ1) is 15.1. The molecule has 3 rings (SSSR count). The van der Waals surface area contributed by atoms with Crippen LogP contribution in [0.3, 0.4) is 0 Å². The van der Waals surface area contributed by atoms with E-state index in [0.29, 0.717) is 12.2 Å². The molecule has 9 heteroatoms. The fourth-order valence-corrected chi connectivity index (χ4v) is 3.65. The van der Waals surface area contributed by atoms with E-state index in [4.69, 9.17) is 9.47 Å². The zero-order chi connectivity index (χ0) is 21.9. The van der Waals surface area contributed by atoms with E-state index in [1.165, 1.54) is 0 Å². The molecular weight excluding hydrogens is 400 g/mol. The molecule has 2 amide bonds. The van der Waals surface area contributed by atoms with Gasteiger partial charge in [0.1, 0.15) is 6.10 Å². The van der Waals surface area contributed by atoms with Crippen LogP contribution in [-0.2, 0) is 25.5 Å². The number of carbonyl (C=O) groups excluding carboxylic acids is 2. The minimum absolute atomic E-state index is 0.0917. The van der Waals surface area contributed by atoms with E-state index < -0.39 is 18.2 Å². The largest absolute Gasteiger partial charge is 0.394 e. The highest BCUT2D eigenvalue weighted by Crippen LogP contribution is 2.16. The lowest BCUT2D eigenvalue weighted by molar-refractivity contribution is -0.128. The Morgan fingerprint density at radius 3 is 2.77 bits per heavy atom. The van der Waals surface area contributed by atoms with Gasteiger partial charge in [0.05, 0.1) is 44.8 Å². The summed E-state index contributed by atoms with van der Waals surface area (Å²) in [6, 6.07) is 4.95. The van der Waals surface area contributed by atoms with Crippen molar-refractivity contribution in [1.82, 2.24) is 20.5 Å². The van der Waals surface area contributed by atoms with Crippen LogP contribution in [-0.4, -0.2) is 91.1 Å². The number of nitrogens with one attached hydrogen (secondary N) is 2. The number of pyridine rings is 1. The zero-order valence-corrected chi connectivity index (χ0v) is 17.7. The highest BCUT2D eigenvalue weighted by molar-refractivity contribution is 5.79. The first kappa shape index (κ1) is 23.3. The van der Waals surface area contributed by atoms with E-state index in [0.717, 1.165) is 39.3 Å². The van der Waals surface area contributed by atoms with Crippen molar-refractivity contribution in [2.45, 2.75) is 37.5 Å². The number of hydrogen-bond donors (Lipinski definition) is 3. The fourth-order valence-electron chi connectivity index (χ4n) is 3.65. The van der Waals surface area contributed by atoms with E-state index in [1.807, 2.05) is 6.07 Å². The van der Waals surface area contributed by atoms with Gasteiger partial charge in [-0.15, -0.1) is 0 Å². The van der Waals surface area contributed by atoms with Crippen LogP contribution in [0.4, 0.5) is 0 Å². The summed E-state index contributed by atoms with van der Waals surface area (Å²) < 4.78 is 11.1. The van der Waals surface area contributed by atoms with E-state index in [9.17, 15) is 14.7 Å². The first-order valence-electron chi connectivity index (χ1n) is 10.8. The third-order valence-corrected chi connectivity index (χ3v) is 5.32. The van der Waals surface area contributed by atoms with Crippen molar-refractivity contribution in [2.75, 3.05) is 46.0 Å². The molecule has 3 atom stereocenters. The van der Waals surface area contributed by atoms with Gasteiger partial charge in [-0.1, -0.05) is 18.2 Å². The number of ether oxygens (including phenoxy) is 2. The Morgan fingerprint density at radius 1 is 1.19 bits per heavy atom. The number of aliphatic hydroxyl groups is 1. The molecule has 0 aliphatic carbocycles. The first-order valence-corrected chi connectivity index (χ1v) is 10.8. The van der Waals surface area contributed by atoms with Gasteiger partial charge in [-0.3, -0.25) is 19.5 Å². The van der Waals surface area contributed by atoms with Gasteiger partial charge >= 0.3 is 0 Å². The van der Waals surface area contributed by atoms with Gasteiger partial charge in [-0.2, -0.15) is 0 Å². The van der Waals surface area contributed by atoms with Crippen LogP contribution in [0.25, 0.3) is 0 Å². The van der Waals surface area contributed by atoms with Gasteiger partial charge in [-0.05, 0) is 25.1 Å². The smallest absolute Gasteiger partial charge is 0.226 e. The minimum Gasteiger partial charge on any atom is -0.394 e. The number of aromatic nitrogens is 1. The molecule has 2 aliphatic rings. The number of hydrogen-bond acceptors (Lipinski definition) is 7. The number of carbonyl (C=O) groups is 2. The summed E-state index contributed by atoms with van der Waals surface area (Å²) in [5.41, 5.74) is 0.671. The Balaban J connectivity index is 1.37. The average Bonchev–Trinajstić information content (AvgIpc) is 2.79. The van der Waals surface area contributed by atoms with Crippen molar-refractivity contribution in [2.24, 2.45) is 0 Å². The number of morpholine rings is 1. The number of amides is 2. The van der Waals surface area contributed by atoms with E-state index in [2.05, 4.69) is 20.5 Å². The summed E-state index contributed by atoms with van der Waals surface area (Å²) in [5, 5.41) is 15.5. The molecule has 0 aromatic carbocycles. The molecular formula is C22H32N4O5. The maximum Gasteiger partial charge on any atom is 0.226 e. The maximum absolute atomic E-state index is 12.3. The molecule has 0 radical (unpaired) electrons. The van der Waals surface area contributed by atoms with Crippen molar-refractivity contribution in [1.29, 1.82) is 0 Å². The normalized spacial score (nSPS) is 24.0. The molecule has 3 N–H and O–H groups in total. The van der Waals surface area contributed by atoms with Gasteiger partial charge in [-0.25, -0.2) is 0 Å². The summed E-state index contributed by atoms with van der Waals surface area (Å²) >= 11 is 0. The van der Waals surface area contributed by atoms with Gasteiger partial charge < -0.3 is 25.2 Å². The second kappa shape index (κ2) is 12.5. The number of rotatable bonds is 10. The lowest BCUT2D eigenvalue weighted by Crippen LogP contribution is -2.49. The highest BCUT2D eigenvalue weighted by atomic mass is 16.5. The number of aliphatic hydroxyl groups excluding tert-OH is 1. The predicted molar refractivity (Wildman–Crippen MR) is 114 cm³/mol. The quantitative estimate of drug-likeness (QED) is 0.342. The lowest BCUT2D eigenvalue weighted by atomic mass is 10.0. The standard InChI is InChI=1S/C22H32N4O5/c27-16-20-19(25-22(29)14-17-4-1-2-7-23-17)6-5-18(31-20)15-21(28)24-8-3-9-26-10-12-30-13-11-26/h1-2,4-7,18-20,27H,3,8-16H2,(H,24,28)(H,25,29)/t18-,19-,20-/m0/s1. The van der Waals surface area contributed by atoms with Crippen molar-refractivity contribution in [3.8, 4) is 0 Å². The van der Waals surface area contributed by atoms with Gasteiger partial charge in [0.15, 0.2) is 0 Å². The maximum atomic E-state index is 12.3. The summed E-state index contributed by atoms with van der Waals surface area (Å²) in [4.78, 5) is 31.0. The monoisotopic (exact) mass is 432 g/mol. The van der Waals surface area contributed by atoms with Gasteiger partial charge in [0.25, 0.3) is 0 Å². The molecule has 1 aromatic heterocycles. The molecule has 3 heterocycles. The second-order valence-electron chi connectivity index (χ2n) is 7.73. The van der Waals surface area contributed by atoms with Gasteiger partial charge in [0, 0.05) is 31.5 Å². The van der Waals surface area contributed by atoms with Crippen LogP contribution in [0.15, 0.2) is 36.5 Å². The molecule has 2 aliphatic heterocycles. The summed E-state index contributed by atoms with van der Waals surface area (Å²) in [6.45, 7) is 4.73. The zero-order valence-electron chi connectivity index (χ0n) is 17.7. The minimum atomic E-state index is -0.600. The van der Waals surface area contributed by atoms with Gasteiger partial charge in [0.2, 0.25) is 11.8 Å². The molecule has 0 spiro atoms. The van der Waals surface area contributed by atoms with E-state index in [-0.39, 0.29) is 31.3 Å². The van der Waals surface area contributed by atoms with E-state index >= 15 is 0 Å². The SMILES string of the molecule is O=C(C[C@@H]1C=C[C@H](NC(=O)Cc2ccccn2)[C@H](CO)O1)NCCCN1CCOCC1. The fraction of sp³-hybridized carbons (Fsp3) is 0.591. The Labute approximate surface area is 182 Å². The van der Waals surface area contributed by atoms with Crippen LogP contribution in [0, 0.1) is 0 Å². The molecule has 0 saturated carbocycles. The summed E-state index contributed by atoms with van der Waals surface area (Å²) in [7, 11) is 0. The third kappa shape index (κ3) is 8.02. The summed E-state index contributed by atoms with van der Waals surface area (Å²) in [5.74, 6) is -0.294. The Morgan fingerprint density at radius 2 is 2.03 bits per heavy atom. The Hall–Kier alpha value is -2.33. The molecule has 1 saturated heterocycles. The molecule has 1 fully saturated rings. The topological polar surface area (TPSA) is 113 Å². The van der Waals surface area contributed by atoms with Crippen molar-refractivity contribution < 1.29 is 24.2 Å². The molecule has 9 nitrogen and oxygen atoms in total. The second-order valence-corrected chi connectivity index (χ2v) is 7.73. The van der Waals surface area contributed by atoms with Crippen LogP contribution >= 0.6 is 0 Å². The number of nitrogens with zero attached hydrogens (tertiary/aromatic N) is 2. The third-order valence-electron chi connectivity index (χ3n) is 5.32. The van der Waals surface area contributed by atoms with Crippen LogP contribution in [0.2, 0.25) is 0 Å². The van der Waals surface area contributed by atoms with Crippen molar-refractivity contribution >= 4 is 11.8 Å². The molecule has 0 unspecified atom stereocenters. The van der Waals surface area contributed by atoms with Crippen LogP contribution in [0.5, 0.6) is 0 Å².